The summed E-state index contributed by atoms with van der Waals surface area (Å²) in [6, 6.07) is 23.6. The molecular formula is C22H17Cl2N3O2. The Morgan fingerprint density at radius 2 is 1.52 bits per heavy atom. The molecule has 0 spiro atoms. The third-order valence-electron chi connectivity index (χ3n) is 4.44. The fourth-order valence-electron chi connectivity index (χ4n) is 2.95. The molecule has 2 N–H and O–H groups in total. The van der Waals surface area contributed by atoms with Crippen molar-refractivity contribution >= 4 is 23.2 Å². The molecule has 0 amide bonds. The molecule has 0 aliphatic heterocycles. The smallest absolute Gasteiger partial charge is 0.248 e. The molecule has 0 aliphatic rings. The van der Waals surface area contributed by atoms with Crippen molar-refractivity contribution in [1.82, 2.24) is 15.5 Å². The summed E-state index contributed by atoms with van der Waals surface area (Å²) < 4.78 is 5.53. The predicted octanol–water partition coefficient (Wildman–Crippen LogP) is 5.41. The van der Waals surface area contributed by atoms with Gasteiger partial charge in [-0.1, -0.05) is 95.1 Å². The number of aliphatic hydroxyl groups excluding tert-OH is 1. The van der Waals surface area contributed by atoms with E-state index in [0.29, 0.717) is 27.3 Å². The van der Waals surface area contributed by atoms with Crippen molar-refractivity contribution in [2.75, 3.05) is 0 Å². The van der Waals surface area contributed by atoms with E-state index in [-0.39, 0.29) is 0 Å². The van der Waals surface area contributed by atoms with Gasteiger partial charge in [0.1, 0.15) is 12.3 Å². The van der Waals surface area contributed by atoms with Crippen LogP contribution in [-0.4, -0.2) is 15.2 Å². The van der Waals surface area contributed by atoms with E-state index in [1.54, 1.807) is 18.2 Å². The Hall–Kier alpha value is -2.70. The van der Waals surface area contributed by atoms with Crippen molar-refractivity contribution in [3.8, 4) is 11.4 Å². The topological polar surface area (TPSA) is 71.2 Å². The lowest BCUT2D eigenvalue weighted by Gasteiger charge is -2.20. The van der Waals surface area contributed by atoms with Crippen LogP contribution in [0, 0.1) is 0 Å². The number of aromatic nitrogens is 2. The van der Waals surface area contributed by atoms with Crippen molar-refractivity contribution < 1.29 is 9.63 Å². The lowest BCUT2D eigenvalue weighted by atomic mass is 10.1. The van der Waals surface area contributed by atoms with Crippen molar-refractivity contribution in [3.63, 3.8) is 0 Å². The number of hydrogen-bond donors (Lipinski definition) is 2. The van der Waals surface area contributed by atoms with E-state index < -0.39 is 12.3 Å². The minimum atomic E-state index is -1.03. The lowest BCUT2D eigenvalue weighted by molar-refractivity contribution is 0.122. The van der Waals surface area contributed by atoms with Gasteiger partial charge in [0.2, 0.25) is 11.7 Å². The van der Waals surface area contributed by atoms with Gasteiger partial charge in [0.25, 0.3) is 0 Å². The summed E-state index contributed by atoms with van der Waals surface area (Å²) >= 11 is 12.1. The monoisotopic (exact) mass is 425 g/mol. The van der Waals surface area contributed by atoms with Gasteiger partial charge in [-0.2, -0.15) is 4.98 Å². The summed E-state index contributed by atoms with van der Waals surface area (Å²) in [5.74, 6) is 0.821. The zero-order valence-electron chi connectivity index (χ0n) is 15.2. The van der Waals surface area contributed by atoms with Crippen LogP contribution in [0.25, 0.3) is 11.4 Å². The Bertz CT molecular complexity index is 1090. The highest BCUT2D eigenvalue weighted by molar-refractivity contribution is 6.42. The van der Waals surface area contributed by atoms with Gasteiger partial charge in [0, 0.05) is 5.56 Å². The van der Waals surface area contributed by atoms with E-state index in [9.17, 15) is 5.11 Å². The van der Waals surface area contributed by atoms with Crippen LogP contribution in [0.2, 0.25) is 10.0 Å². The number of rotatable bonds is 6. The second-order valence-electron chi connectivity index (χ2n) is 6.41. The Labute approximate surface area is 177 Å². The first-order valence-corrected chi connectivity index (χ1v) is 9.70. The van der Waals surface area contributed by atoms with E-state index >= 15 is 0 Å². The van der Waals surface area contributed by atoms with E-state index in [1.165, 1.54) is 0 Å². The molecular weight excluding hydrogens is 409 g/mol. The third kappa shape index (κ3) is 4.49. The largest absolute Gasteiger partial charge is 0.374 e. The number of nitrogens with zero attached hydrogens (tertiary/aromatic N) is 2. The Balaban J connectivity index is 1.66. The van der Waals surface area contributed by atoms with Crippen molar-refractivity contribution in [2.45, 2.75) is 12.3 Å². The van der Waals surface area contributed by atoms with Gasteiger partial charge in [-0.25, -0.2) is 0 Å². The van der Waals surface area contributed by atoms with Gasteiger partial charge in [0.05, 0.1) is 10.0 Å². The maximum atomic E-state index is 10.8. The average molecular weight is 426 g/mol. The molecule has 4 rings (SSSR count). The molecule has 2 unspecified atom stereocenters. The summed E-state index contributed by atoms with van der Waals surface area (Å²) in [4.78, 5) is 4.54. The standard InChI is InChI=1S/C22H17Cl2N3O2/c23-17-12-11-16(13-18(17)24)21(28)25-19(14-7-3-1-4-8-14)22-26-20(27-29-22)15-9-5-2-6-10-15/h1-13,19,21,25,28H. The van der Waals surface area contributed by atoms with Crippen LogP contribution in [0.1, 0.15) is 29.3 Å². The molecule has 7 heteroatoms. The molecule has 4 aromatic rings. The molecule has 1 aromatic heterocycles. The van der Waals surface area contributed by atoms with Gasteiger partial charge in [0.15, 0.2) is 0 Å². The molecule has 29 heavy (non-hydrogen) atoms. The van der Waals surface area contributed by atoms with E-state index in [0.717, 1.165) is 11.1 Å². The van der Waals surface area contributed by atoms with Crippen LogP contribution in [0.4, 0.5) is 0 Å². The second-order valence-corrected chi connectivity index (χ2v) is 7.22. The molecule has 0 aliphatic carbocycles. The van der Waals surface area contributed by atoms with Gasteiger partial charge in [-0.05, 0) is 23.3 Å². The maximum absolute atomic E-state index is 10.8. The summed E-state index contributed by atoms with van der Waals surface area (Å²) in [6.45, 7) is 0. The number of aliphatic hydroxyl groups is 1. The SMILES string of the molecule is OC(NC(c1ccccc1)c1nc(-c2ccccc2)no1)c1ccc(Cl)c(Cl)c1. The van der Waals surface area contributed by atoms with Crippen molar-refractivity contribution in [2.24, 2.45) is 0 Å². The predicted molar refractivity (Wildman–Crippen MR) is 113 cm³/mol. The quantitative estimate of drug-likeness (QED) is 0.403. The van der Waals surface area contributed by atoms with Crippen LogP contribution in [0.15, 0.2) is 83.4 Å². The van der Waals surface area contributed by atoms with Crippen LogP contribution >= 0.6 is 23.2 Å². The fourth-order valence-corrected chi connectivity index (χ4v) is 3.26. The van der Waals surface area contributed by atoms with Crippen LogP contribution < -0.4 is 5.32 Å². The summed E-state index contributed by atoms with van der Waals surface area (Å²) in [6.07, 6.45) is -1.03. The highest BCUT2D eigenvalue weighted by Crippen LogP contribution is 2.29. The molecule has 0 radical (unpaired) electrons. The molecule has 146 valence electrons. The minimum absolute atomic E-state index is 0.342. The maximum Gasteiger partial charge on any atom is 0.248 e. The number of nitrogens with one attached hydrogen (secondary N) is 1. The van der Waals surface area contributed by atoms with Crippen LogP contribution in [-0.2, 0) is 0 Å². The molecule has 0 fully saturated rings. The van der Waals surface area contributed by atoms with Gasteiger partial charge in [-0.3, -0.25) is 5.32 Å². The molecule has 2 atom stereocenters. The first kappa shape index (κ1) is 19.6. The van der Waals surface area contributed by atoms with E-state index in [4.69, 9.17) is 27.7 Å². The molecule has 5 nitrogen and oxygen atoms in total. The number of benzene rings is 3. The molecule has 0 saturated carbocycles. The van der Waals surface area contributed by atoms with Gasteiger partial charge in [-0.15, -0.1) is 0 Å². The fraction of sp³-hybridized carbons (Fsp3) is 0.0909. The summed E-state index contributed by atoms with van der Waals surface area (Å²) in [5, 5.41) is 18.8. The van der Waals surface area contributed by atoms with Gasteiger partial charge >= 0.3 is 0 Å². The van der Waals surface area contributed by atoms with E-state index in [1.807, 2.05) is 60.7 Å². The average Bonchev–Trinajstić information content (AvgIpc) is 3.25. The van der Waals surface area contributed by atoms with Crippen LogP contribution in [0.5, 0.6) is 0 Å². The second kappa shape index (κ2) is 8.76. The number of hydrogen-bond acceptors (Lipinski definition) is 5. The van der Waals surface area contributed by atoms with Gasteiger partial charge < -0.3 is 9.63 Å². The number of halogens is 2. The summed E-state index contributed by atoms with van der Waals surface area (Å²) in [5.41, 5.74) is 2.29. The van der Waals surface area contributed by atoms with Crippen molar-refractivity contribution in [1.29, 1.82) is 0 Å². The molecule has 3 aromatic carbocycles. The minimum Gasteiger partial charge on any atom is -0.374 e. The Kier molecular flexibility index (Phi) is 5.92. The van der Waals surface area contributed by atoms with Crippen LogP contribution in [0.3, 0.4) is 0 Å². The molecule has 1 heterocycles. The normalized spacial score (nSPS) is 13.2. The first-order chi connectivity index (χ1) is 14.1. The lowest BCUT2D eigenvalue weighted by Crippen LogP contribution is -2.27. The highest BCUT2D eigenvalue weighted by atomic mass is 35.5. The zero-order valence-corrected chi connectivity index (χ0v) is 16.7. The summed E-state index contributed by atoms with van der Waals surface area (Å²) in [7, 11) is 0. The third-order valence-corrected chi connectivity index (χ3v) is 5.18. The first-order valence-electron chi connectivity index (χ1n) is 8.95. The van der Waals surface area contributed by atoms with Crippen molar-refractivity contribution in [3.05, 3.63) is 106 Å². The highest BCUT2D eigenvalue weighted by Gasteiger charge is 2.24. The Morgan fingerprint density at radius 3 is 2.21 bits per heavy atom. The molecule has 0 bridgehead atoms. The van der Waals surface area contributed by atoms with E-state index in [2.05, 4.69) is 15.5 Å². The molecule has 0 saturated heterocycles. The Morgan fingerprint density at radius 1 is 0.828 bits per heavy atom. The zero-order chi connectivity index (χ0) is 20.2.